The molecule has 3 aromatic rings. The Balaban J connectivity index is 1.78. The van der Waals surface area contributed by atoms with Crippen LogP contribution in [0.5, 0.6) is 0 Å². The molecule has 1 heterocycles. The number of halogens is 1. The Labute approximate surface area is 184 Å². The Morgan fingerprint density at radius 3 is 2.57 bits per heavy atom. The van der Waals surface area contributed by atoms with Gasteiger partial charge in [0.25, 0.3) is 15.9 Å². The van der Waals surface area contributed by atoms with Crippen molar-refractivity contribution in [1.82, 2.24) is 14.9 Å². The van der Waals surface area contributed by atoms with E-state index >= 15 is 0 Å². The second kappa shape index (κ2) is 9.22. The highest BCUT2D eigenvalue weighted by atomic mass is 35.5. The number of hydrogen-bond acceptors (Lipinski definition) is 6. The molecule has 2 N–H and O–H groups in total. The molecule has 0 aliphatic rings. The fraction of sp³-hybridized carbons (Fsp3) is 0.250. The summed E-state index contributed by atoms with van der Waals surface area (Å²) >= 11 is 6.79. The molecule has 0 aliphatic heterocycles. The Kier molecular flexibility index (Phi) is 6.87. The SMILES string of the molecule is CCC(NS(=O)(=O)c1nnc(NC(=O)c2ccccc2Cl)s1)c1ccc(C)cc1C. The zero-order valence-electron chi connectivity index (χ0n) is 16.6. The van der Waals surface area contributed by atoms with Crippen LogP contribution in [0.15, 0.2) is 46.8 Å². The van der Waals surface area contributed by atoms with E-state index < -0.39 is 22.0 Å². The van der Waals surface area contributed by atoms with E-state index in [1.54, 1.807) is 24.3 Å². The smallest absolute Gasteiger partial charge is 0.270 e. The van der Waals surface area contributed by atoms with Crippen LogP contribution in [0.1, 0.15) is 46.4 Å². The lowest BCUT2D eigenvalue weighted by Crippen LogP contribution is -2.28. The van der Waals surface area contributed by atoms with Gasteiger partial charge in [0.2, 0.25) is 9.47 Å². The molecule has 0 aliphatic carbocycles. The Hall–Kier alpha value is -2.33. The van der Waals surface area contributed by atoms with Crippen molar-refractivity contribution < 1.29 is 13.2 Å². The number of rotatable bonds is 7. The van der Waals surface area contributed by atoms with Gasteiger partial charge in [0.15, 0.2) is 0 Å². The second-order valence-corrected chi connectivity index (χ2v) is 10.0. The molecule has 1 unspecified atom stereocenters. The normalized spacial score (nSPS) is 12.5. The summed E-state index contributed by atoms with van der Waals surface area (Å²) < 4.78 is 28.1. The second-order valence-electron chi connectivity index (χ2n) is 6.75. The van der Waals surface area contributed by atoms with Crippen LogP contribution in [-0.4, -0.2) is 24.5 Å². The van der Waals surface area contributed by atoms with Gasteiger partial charge >= 0.3 is 0 Å². The molecule has 1 aromatic heterocycles. The van der Waals surface area contributed by atoms with E-state index in [0.29, 0.717) is 6.42 Å². The molecule has 0 saturated heterocycles. The van der Waals surface area contributed by atoms with Gasteiger partial charge in [-0.1, -0.05) is 65.8 Å². The fourth-order valence-electron chi connectivity index (χ4n) is 3.00. The number of carbonyl (C=O) groups is 1. The minimum absolute atomic E-state index is 0.0693. The van der Waals surface area contributed by atoms with Gasteiger partial charge in [0.05, 0.1) is 10.6 Å². The van der Waals surface area contributed by atoms with E-state index in [1.165, 1.54) is 0 Å². The van der Waals surface area contributed by atoms with Crippen molar-refractivity contribution in [1.29, 1.82) is 0 Å². The Morgan fingerprint density at radius 2 is 1.90 bits per heavy atom. The third kappa shape index (κ3) is 5.04. The molecule has 1 atom stereocenters. The molecule has 2 aromatic carbocycles. The third-order valence-electron chi connectivity index (χ3n) is 4.48. The number of nitrogens with zero attached hydrogens (tertiary/aromatic N) is 2. The van der Waals surface area contributed by atoms with Crippen molar-refractivity contribution in [3.05, 3.63) is 69.7 Å². The summed E-state index contributed by atoms with van der Waals surface area (Å²) in [4.78, 5) is 12.3. The fourth-order valence-corrected chi connectivity index (χ4v) is 5.43. The summed E-state index contributed by atoms with van der Waals surface area (Å²) in [5.41, 5.74) is 3.28. The first-order valence-corrected chi connectivity index (χ1v) is 11.9. The standard InChI is InChI=1S/C20H21ClN4O3S2/c1-4-17(14-10-9-12(2)11-13(14)3)25-30(27,28)20-24-23-19(29-20)22-18(26)15-7-5-6-8-16(15)21/h5-11,17,25H,4H2,1-3H3,(H,22,23,26). The summed E-state index contributed by atoms with van der Waals surface area (Å²) in [5.74, 6) is -0.490. The van der Waals surface area contributed by atoms with Crippen LogP contribution in [0.25, 0.3) is 0 Å². The Bertz CT molecular complexity index is 1180. The molecular formula is C20H21ClN4O3S2. The minimum Gasteiger partial charge on any atom is -0.296 e. The molecule has 0 radical (unpaired) electrons. The molecule has 10 heteroatoms. The van der Waals surface area contributed by atoms with E-state index in [2.05, 4.69) is 20.2 Å². The monoisotopic (exact) mass is 464 g/mol. The predicted molar refractivity (Wildman–Crippen MR) is 119 cm³/mol. The molecule has 0 fully saturated rings. The van der Waals surface area contributed by atoms with Gasteiger partial charge < -0.3 is 0 Å². The summed E-state index contributed by atoms with van der Waals surface area (Å²) in [6.07, 6.45) is 0.567. The van der Waals surface area contributed by atoms with Gasteiger partial charge in [-0.25, -0.2) is 13.1 Å². The van der Waals surface area contributed by atoms with Gasteiger partial charge in [-0.15, -0.1) is 10.2 Å². The van der Waals surface area contributed by atoms with Crippen LogP contribution in [0.4, 0.5) is 5.13 Å². The summed E-state index contributed by atoms with van der Waals surface area (Å²) in [7, 11) is -3.92. The first-order chi connectivity index (χ1) is 14.2. The van der Waals surface area contributed by atoms with E-state index in [4.69, 9.17) is 11.6 Å². The molecular weight excluding hydrogens is 444 g/mol. The molecule has 1 amide bonds. The molecule has 3 rings (SSSR count). The largest absolute Gasteiger partial charge is 0.296 e. The van der Waals surface area contributed by atoms with Crippen LogP contribution in [0.3, 0.4) is 0 Å². The number of aromatic nitrogens is 2. The maximum Gasteiger partial charge on any atom is 0.270 e. The van der Waals surface area contributed by atoms with Gasteiger partial charge in [-0.05, 0) is 43.5 Å². The Morgan fingerprint density at radius 1 is 1.17 bits per heavy atom. The average Bonchev–Trinajstić information content (AvgIpc) is 3.16. The molecule has 0 saturated carbocycles. The van der Waals surface area contributed by atoms with Crippen LogP contribution in [-0.2, 0) is 10.0 Å². The number of benzene rings is 2. The van der Waals surface area contributed by atoms with Crippen LogP contribution in [0.2, 0.25) is 5.02 Å². The van der Waals surface area contributed by atoms with Crippen molar-refractivity contribution >= 4 is 44.0 Å². The van der Waals surface area contributed by atoms with Crippen molar-refractivity contribution in [2.24, 2.45) is 0 Å². The van der Waals surface area contributed by atoms with Crippen molar-refractivity contribution in [3.8, 4) is 0 Å². The van der Waals surface area contributed by atoms with Crippen molar-refractivity contribution in [2.45, 2.75) is 37.6 Å². The number of carbonyl (C=O) groups excluding carboxylic acids is 1. The number of aryl methyl sites for hydroxylation is 2. The summed E-state index contributed by atoms with van der Waals surface area (Å²) in [5, 5.41) is 10.4. The first-order valence-electron chi connectivity index (χ1n) is 9.20. The van der Waals surface area contributed by atoms with Gasteiger partial charge in [0.1, 0.15) is 0 Å². The van der Waals surface area contributed by atoms with E-state index in [-0.39, 0.29) is 20.1 Å². The van der Waals surface area contributed by atoms with E-state index in [0.717, 1.165) is 28.0 Å². The molecule has 0 bridgehead atoms. The number of hydrogen-bond donors (Lipinski definition) is 2. The van der Waals surface area contributed by atoms with Crippen molar-refractivity contribution in [2.75, 3.05) is 5.32 Å². The number of anilines is 1. The molecule has 158 valence electrons. The molecule has 0 spiro atoms. The predicted octanol–water partition coefficient (Wildman–Crippen LogP) is 4.49. The highest BCUT2D eigenvalue weighted by molar-refractivity contribution is 7.91. The summed E-state index contributed by atoms with van der Waals surface area (Å²) in [6.45, 7) is 5.84. The maximum atomic E-state index is 12.8. The lowest BCUT2D eigenvalue weighted by atomic mass is 9.98. The zero-order valence-corrected chi connectivity index (χ0v) is 19.0. The van der Waals surface area contributed by atoms with Crippen molar-refractivity contribution in [3.63, 3.8) is 0 Å². The average molecular weight is 465 g/mol. The topological polar surface area (TPSA) is 101 Å². The quantitative estimate of drug-likeness (QED) is 0.501. The summed E-state index contributed by atoms with van der Waals surface area (Å²) in [6, 6.07) is 12.0. The number of sulfonamides is 1. The highest BCUT2D eigenvalue weighted by Gasteiger charge is 2.26. The number of nitrogens with one attached hydrogen (secondary N) is 2. The molecule has 7 nitrogen and oxygen atoms in total. The van der Waals surface area contributed by atoms with Crippen LogP contribution < -0.4 is 10.0 Å². The van der Waals surface area contributed by atoms with Gasteiger partial charge in [-0.2, -0.15) is 0 Å². The van der Waals surface area contributed by atoms with Crippen LogP contribution in [0, 0.1) is 13.8 Å². The van der Waals surface area contributed by atoms with E-state index in [1.807, 2.05) is 39.0 Å². The van der Waals surface area contributed by atoms with Gasteiger partial charge in [-0.3, -0.25) is 10.1 Å². The maximum absolute atomic E-state index is 12.8. The van der Waals surface area contributed by atoms with Gasteiger partial charge in [0, 0.05) is 6.04 Å². The minimum atomic E-state index is -3.92. The number of amides is 1. The lowest BCUT2D eigenvalue weighted by Gasteiger charge is -2.19. The molecule has 30 heavy (non-hydrogen) atoms. The third-order valence-corrected chi connectivity index (χ3v) is 7.49. The first kappa shape index (κ1) is 22.4. The lowest BCUT2D eigenvalue weighted by molar-refractivity contribution is 0.102. The van der Waals surface area contributed by atoms with Crippen LogP contribution >= 0.6 is 22.9 Å². The zero-order chi connectivity index (χ0) is 21.9. The highest BCUT2D eigenvalue weighted by Crippen LogP contribution is 2.27. The van der Waals surface area contributed by atoms with E-state index in [9.17, 15) is 13.2 Å².